The molecule has 0 N–H and O–H groups in total. The van der Waals surface area contributed by atoms with Crippen molar-refractivity contribution in [2.45, 2.75) is 6.54 Å². The van der Waals surface area contributed by atoms with E-state index < -0.39 is 0 Å². The van der Waals surface area contributed by atoms with E-state index >= 15 is 0 Å². The van der Waals surface area contributed by atoms with E-state index in [0.29, 0.717) is 17.3 Å². The highest BCUT2D eigenvalue weighted by molar-refractivity contribution is 6.31. The lowest BCUT2D eigenvalue weighted by Gasteiger charge is -2.18. The largest absolute Gasteiger partial charge is 0.336 e. The van der Waals surface area contributed by atoms with Gasteiger partial charge in [0.05, 0.1) is 12.5 Å². The summed E-state index contributed by atoms with van der Waals surface area (Å²) in [6, 6.07) is 17.2. The number of hydrogen-bond donors (Lipinski definition) is 0. The van der Waals surface area contributed by atoms with E-state index in [9.17, 15) is 4.79 Å². The average molecular weight is 326 g/mol. The Morgan fingerprint density at radius 3 is 2.57 bits per heavy atom. The number of halogens is 1. The van der Waals surface area contributed by atoms with Gasteiger partial charge in [0.1, 0.15) is 5.69 Å². The Hall–Kier alpha value is -2.59. The van der Waals surface area contributed by atoms with Crippen LogP contribution in [0.1, 0.15) is 16.1 Å². The van der Waals surface area contributed by atoms with Crippen LogP contribution in [-0.2, 0) is 6.54 Å². The fourth-order valence-electron chi connectivity index (χ4n) is 2.40. The number of benzene rings is 2. The van der Waals surface area contributed by atoms with Gasteiger partial charge in [0.25, 0.3) is 5.91 Å². The van der Waals surface area contributed by atoms with Crippen LogP contribution in [0.3, 0.4) is 0 Å². The first-order valence-electron chi connectivity index (χ1n) is 7.23. The lowest BCUT2D eigenvalue weighted by Crippen LogP contribution is -2.28. The SMILES string of the molecule is CN(Cc1ccccc1Cl)C(=O)c1cncn1-c1ccccc1. The number of carbonyl (C=O) groups excluding carboxylic acids is 1. The van der Waals surface area contributed by atoms with Gasteiger partial charge in [0.2, 0.25) is 0 Å². The third kappa shape index (κ3) is 3.27. The van der Waals surface area contributed by atoms with Crippen LogP contribution in [0.15, 0.2) is 67.1 Å². The maximum absolute atomic E-state index is 12.7. The number of aromatic nitrogens is 2. The summed E-state index contributed by atoms with van der Waals surface area (Å²) in [6.45, 7) is 0.443. The molecular formula is C18H16ClN3O. The summed E-state index contributed by atoms with van der Waals surface area (Å²) in [4.78, 5) is 18.5. The molecule has 3 aromatic rings. The molecule has 4 nitrogen and oxygen atoms in total. The summed E-state index contributed by atoms with van der Waals surface area (Å²) in [5.74, 6) is -0.105. The number of amides is 1. The quantitative estimate of drug-likeness (QED) is 0.732. The third-order valence-electron chi connectivity index (χ3n) is 3.60. The van der Waals surface area contributed by atoms with E-state index in [0.717, 1.165) is 11.3 Å². The second-order valence-corrected chi connectivity index (χ2v) is 5.64. The molecule has 2 aromatic carbocycles. The highest BCUT2D eigenvalue weighted by Gasteiger charge is 2.18. The van der Waals surface area contributed by atoms with Gasteiger partial charge in [-0.3, -0.25) is 9.36 Å². The molecule has 1 amide bonds. The highest BCUT2D eigenvalue weighted by atomic mass is 35.5. The Morgan fingerprint density at radius 2 is 1.83 bits per heavy atom. The van der Waals surface area contributed by atoms with Gasteiger partial charge in [-0.15, -0.1) is 0 Å². The van der Waals surface area contributed by atoms with Crippen LogP contribution in [0, 0.1) is 0 Å². The van der Waals surface area contributed by atoms with Gasteiger partial charge in [0, 0.05) is 24.3 Å². The van der Waals surface area contributed by atoms with Crippen molar-refractivity contribution < 1.29 is 4.79 Å². The van der Waals surface area contributed by atoms with Crippen LogP contribution in [0.5, 0.6) is 0 Å². The van der Waals surface area contributed by atoms with Crippen molar-refractivity contribution >= 4 is 17.5 Å². The standard InChI is InChI=1S/C18H16ClN3O/c1-21(12-14-7-5-6-10-16(14)19)18(23)17-11-20-13-22(17)15-8-3-2-4-9-15/h2-11,13H,12H2,1H3. The molecule has 1 aromatic heterocycles. The Morgan fingerprint density at radius 1 is 1.13 bits per heavy atom. The van der Waals surface area contributed by atoms with E-state index in [-0.39, 0.29) is 5.91 Å². The van der Waals surface area contributed by atoms with Gasteiger partial charge in [0.15, 0.2) is 0 Å². The molecule has 0 saturated carbocycles. The zero-order chi connectivity index (χ0) is 16.2. The first kappa shape index (κ1) is 15.3. The smallest absolute Gasteiger partial charge is 0.272 e. The van der Waals surface area contributed by atoms with Gasteiger partial charge >= 0.3 is 0 Å². The van der Waals surface area contributed by atoms with Crippen LogP contribution in [0.2, 0.25) is 5.02 Å². The summed E-state index contributed by atoms with van der Waals surface area (Å²) in [5, 5.41) is 0.656. The zero-order valence-electron chi connectivity index (χ0n) is 12.7. The second kappa shape index (κ2) is 6.67. The number of para-hydroxylation sites is 1. The minimum Gasteiger partial charge on any atom is -0.336 e. The Balaban J connectivity index is 1.84. The molecule has 0 spiro atoms. The van der Waals surface area contributed by atoms with Crippen LogP contribution < -0.4 is 0 Å². The number of imidazole rings is 1. The van der Waals surface area contributed by atoms with Gasteiger partial charge in [-0.2, -0.15) is 0 Å². The van der Waals surface area contributed by atoms with Crippen LogP contribution >= 0.6 is 11.6 Å². The lowest BCUT2D eigenvalue weighted by molar-refractivity contribution is 0.0777. The Labute approximate surface area is 140 Å². The predicted octanol–water partition coefficient (Wildman–Crippen LogP) is 3.80. The molecule has 0 atom stereocenters. The highest BCUT2D eigenvalue weighted by Crippen LogP contribution is 2.18. The molecule has 3 rings (SSSR count). The molecule has 0 aliphatic heterocycles. The maximum atomic E-state index is 12.7. The van der Waals surface area contributed by atoms with E-state index in [4.69, 9.17) is 11.6 Å². The fourth-order valence-corrected chi connectivity index (χ4v) is 2.59. The van der Waals surface area contributed by atoms with Crippen molar-refractivity contribution in [2.75, 3.05) is 7.05 Å². The van der Waals surface area contributed by atoms with Gasteiger partial charge in [-0.1, -0.05) is 48.0 Å². The number of carbonyl (C=O) groups is 1. The fraction of sp³-hybridized carbons (Fsp3) is 0.111. The van der Waals surface area contributed by atoms with Gasteiger partial charge < -0.3 is 4.90 Å². The molecular weight excluding hydrogens is 310 g/mol. The van der Waals surface area contributed by atoms with Crippen molar-refractivity contribution in [1.82, 2.24) is 14.5 Å². The molecule has 23 heavy (non-hydrogen) atoms. The maximum Gasteiger partial charge on any atom is 0.272 e. The van der Waals surface area contributed by atoms with Crippen LogP contribution in [0.4, 0.5) is 0 Å². The molecule has 116 valence electrons. The number of rotatable bonds is 4. The predicted molar refractivity (Wildman–Crippen MR) is 90.8 cm³/mol. The van der Waals surface area contributed by atoms with Crippen molar-refractivity contribution in [3.8, 4) is 5.69 Å². The molecule has 0 fully saturated rings. The average Bonchev–Trinajstić information content (AvgIpc) is 3.06. The van der Waals surface area contributed by atoms with Crippen LogP contribution in [-0.4, -0.2) is 27.4 Å². The van der Waals surface area contributed by atoms with E-state index in [1.807, 2.05) is 54.6 Å². The molecule has 5 heteroatoms. The summed E-state index contributed by atoms with van der Waals surface area (Å²) in [5.41, 5.74) is 2.33. The van der Waals surface area contributed by atoms with Crippen molar-refractivity contribution in [3.63, 3.8) is 0 Å². The molecule has 0 bridgehead atoms. The van der Waals surface area contributed by atoms with Crippen LogP contribution in [0.25, 0.3) is 5.69 Å². The number of hydrogen-bond acceptors (Lipinski definition) is 2. The minimum atomic E-state index is -0.105. The Kier molecular flexibility index (Phi) is 4.44. The van der Waals surface area contributed by atoms with Crippen molar-refractivity contribution in [3.05, 3.63) is 83.4 Å². The summed E-state index contributed by atoms with van der Waals surface area (Å²) in [7, 11) is 1.76. The number of nitrogens with zero attached hydrogens (tertiary/aromatic N) is 3. The van der Waals surface area contributed by atoms with E-state index in [1.165, 1.54) is 0 Å². The van der Waals surface area contributed by atoms with Crippen molar-refractivity contribution in [1.29, 1.82) is 0 Å². The third-order valence-corrected chi connectivity index (χ3v) is 3.97. The lowest BCUT2D eigenvalue weighted by atomic mass is 10.2. The van der Waals surface area contributed by atoms with Crippen molar-refractivity contribution in [2.24, 2.45) is 0 Å². The molecule has 0 aliphatic carbocycles. The summed E-state index contributed by atoms with van der Waals surface area (Å²) in [6.07, 6.45) is 3.23. The summed E-state index contributed by atoms with van der Waals surface area (Å²) < 4.78 is 1.78. The van der Waals surface area contributed by atoms with Gasteiger partial charge in [-0.05, 0) is 23.8 Å². The summed E-state index contributed by atoms with van der Waals surface area (Å²) >= 11 is 6.17. The zero-order valence-corrected chi connectivity index (χ0v) is 13.4. The monoisotopic (exact) mass is 325 g/mol. The normalized spacial score (nSPS) is 10.5. The molecule has 1 heterocycles. The van der Waals surface area contributed by atoms with E-state index in [1.54, 1.807) is 29.0 Å². The Bertz CT molecular complexity index is 814. The molecule has 0 radical (unpaired) electrons. The topological polar surface area (TPSA) is 38.1 Å². The minimum absolute atomic E-state index is 0.105. The van der Waals surface area contributed by atoms with E-state index in [2.05, 4.69) is 4.98 Å². The molecule has 0 unspecified atom stereocenters. The van der Waals surface area contributed by atoms with Gasteiger partial charge in [-0.25, -0.2) is 4.98 Å². The molecule has 0 aliphatic rings. The second-order valence-electron chi connectivity index (χ2n) is 5.24. The first-order valence-corrected chi connectivity index (χ1v) is 7.61. The first-order chi connectivity index (χ1) is 11.2. The molecule has 0 saturated heterocycles.